The average molecular weight is 252 g/mol. The van der Waals surface area contributed by atoms with Gasteiger partial charge in [0.25, 0.3) is 0 Å². The fraction of sp³-hybridized carbons (Fsp3) is 0.500. The van der Waals surface area contributed by atoms with Gasteiger partial charge in [-0.1, -0.05) is 6.92 Å². The summed E-state index contributed by atoms with van der Waals surface area (Å²) in [7, 11) is 0. The smallest absolute Gasteiger partial charge is 0.224 e. The molecule has 0 saturated carbocycles. The first-order valence-corrected chi connectivity index (χ1v) is 5.63. The van der Waals surface area contributed by atoms with Gasteiger partial charge in [-0.25, -0.2) is 4.99 Å². The Bertz CT molecular complexity index is 490. The Balaban J connectivity index is 2.35. The minimum atomic E-state index is -1.03. The van der Waals surface area contributed by atoms with Crippen molar-refractivity contribution >= 4 is 29.0 Å². The molecular weight excluding hydrogens is 236 g/mol. The molecule has 1 aliphatic heterocycles. The molecule has 0 aliphatic carbocycles. The van der Waals surface area contributed by atoms with E-state index in [1.54, 1.807) is 6.92 Å². The molecule has 8 heteroatoms. The summed E-state index contributed by atoms with van der Waals surface area (Å²) in [6.07, 6.45) is -1.46. The summed E-state index contributed by atoms with van der Waals surface area (Å²) in [6, 6.07) is 0. The molecule has 8 nitrogen and oxygen atoms in total. The molecule has 1 aromatic heterocycles. The van der Waals surface area contributed by atoms with Crippen LogP contribution >= 0.6 is 0 Å². The van der Waals surface area contributed by atoms with E-state index < -0.39 is 12.2 Å². The quantitative estimate of drug-likeness (QED) is 0.477. The number of aliphatic hydroxyl groups excluding tert-OH is 2. The van der Waals surface area contributed by atoms with Crippen molar-refractivity contribution in [1.82, 2.24) is 9.97 Å². The number of fused-ring (bicyclic) bond motifs is 1. The number of aromatic nitrogens is 2. The van der Waals surface area contributed by atoms with Crippen LogP contribution in [-0.4, -0.2) is 44.6 Å². The van der Waals surface area contributed by atoms with E-state index in [1.807, 2.05) is 0 Å². The van der Waals surface area contributed by atoms with Crippen LogP contribution in [0.2, 0.25) is 0 Å². The zero-order valence-electron chi connectivity index (χ0n) is 9.96. The van der Waals surface area contributed by atoms with Crippen LogP contribution in [0.5, 0.6) is 0 Å². The van der Waals surface area contributed by atoms with E-state index in [9.17, 15) is 10.2 Å². The molecule has 0 bridgehead atoms. The fourth-order valence-corrected chi connectivity index (χ4v) is 1.70. The van der Waals surface area contributed by atoms with Crippen molar-refractivity contribution in [2.75, 3.05) is 23.3 Å². The monoisotopic (exact) mass is 252 g/mol. The molecule has 2 atom stereocenters. The number of nitrogens with zero attached hydrogens (tertiary/aromatic N) is 3. The van der Waals surface area contributed by atoms with Crippen LogP contribution in [0, 0.1) is 0 Å². The van der Waals surface area contributed by atoms with Crippen LogP contribution in [0.15, 0.2) is 4.99 Å². The summed E-state index contributed by atoms with van der Waals surface area (Å²) >= 11 is 0. The summed E-state index contributed by atoms with van der Waals surface area (Å²) in [5, 5.41) is 22.4. The lowest BCUT2D eigenvalue weighted by Gasteiger charge is -2.23. The van der Waals surface area contributed by atoms with Crippen molar-refractivity contribution in [1.29, 1.82) is 0 Å². The number of hydrogen-bond donors (Lipinski definition) is 5. The Morgan fingerprint density at radius 3 is 2.72 bits per heavy atom. The number of hydrogen-bond acceptors (Lipinski definition) is 8. The van der Waals surface area contributed by atoms with E-state index in [0.717, 1.165) is 0 Å². The summed E-state index contributed by atoms with van der Waals surface area (Å²) in [5.74, 6) is 0.633. The van der Waals surface area contributed by atoms with Crippen molar-refractivity contribution in [2.45, 2.75) is 25.6 Å². The minimum absolute atomic E-state index is 0.0616. The lowest BCUT2D eigenvalue weighted by atomic mass is 10.1. The molecular formula is C10H16N6O2. The first kappa shape index (κ1) is 12.5. The molecule has 0 aromatic carbocycles. The van der Waals surface area contributed by atoms with Gasteiger partial charge in [0.15, 0.2) is 11.6 Å². The van der Waals surface area contributed by atoms with Crippen molar-refractivity contribution in [3.05, 3.63) is 0 Å². The first-order chi connectivity index (χ1) is 8.52. The Kier molecular flexibility index (Phi) is 3.30. The molecule has 2 unspecified atom stereocenters. The number of aliphatic imine (C=N–C) groups is 1. The summed E-state index contributed by atoms with van der Waals surface area (Å²) in [6.45, 7) is 2.05. The van der Waals surface area contributed by atoms with Gasteiger partial charge >= 0.3 is 0 Å². The molecule has 2 heterocycles. The lowest BCUT2D eigenvalue weighted by Crippen LogP contribution is -2.38. The zero-order chi connectivity index (χ0) is 13.3. The Labute approximate surface area is 104 Å². The topological polar surface area (TPSA) is 143 Å². The van der Waals surface area contributed by atoms with Crippen molar-refractivity contribution < 1.29 is 10.2 Å². The number of nitrogens with one attached hydrogen (secondary N) is 1. The van der Waals surface area contributed by atoms with E-state index in [-0.39, 0.29) is 18.3 Å². The van der Waals surface area contributed by atoms with Gasteiger partial charge in [0.2, 0.25) is 5.95 Å². The highest BCUT2D eigenvalue weighted by molar-refractivity contribution is 5.99. The maximum atomic E-state index is 9.89. The standard InChI is InChI=1S/C10H16N6O2/c1-2-5(17)7(18)4-3-13-9-6(14-4)8(11)15-10(12)16-9/h5,7,17-18H,2-3H2,1H3,(H5,11,12,13,15,16). The molecule has 0 amide bonds. The number of aliphatic hydroxyl groups is 2. The Hall–Kier alpha value is -1.93. The van der Waals surface area contributed by atoms with Gasteiger partial charge in [-0.3, -0.25) is 0 Å². The lowest BCUT2D eigenvalue weighted by molar-refractivity contribution is 0.0573. The van der Waals surface area contributed by atoms with Crippen LogP contribution in [-0.2, 0) is 0 Å². The van der Waals surface area contributed by atoms with Gasteiger partial charge < -0.3 is 27.0 Å². The predicted octanol–water partition coefficient (Wildman–Crippen LogP) is -0.729. The van der Waals surface area contributed by atoms with Crippen LogP contribution < -0.4 is 16.8 Å². The van der Waals surface area contributed by atoms with E-state index in [4.69, 9.17) is 11.5 Å². The van der Waals surface area contributed by atoms with Gasteiger partial charge in [0.1, 0.15) is 11.8 Å². The molecule has 7 N–H and O–H groups in total. The highest BCUT2D eigenvalue weighted by Gasteiger charge is 2.25. The van der Waals surface area contributed by atoms with Crippen LogP contribution in [0.4, 0.5) is 23.3 Å². The van der Waals surface area contributed by atoms with Crippen molar-refractivity contribution in [3.63, 3.8) is 0 Å². The number of nitrogens with two attached hydrogens (primary N) is 2. The minimum Gasteiger partial charge on any atom is -0.390 e. The molecule has 18 heavy (non-hydrogen) atoms. The Morgan fingerprint density at radius 2 is 2.06 bits per heavy atom. The normalized spacial score (nSPS) is 17.4. The summed E-state index contributed by atoms with van der Waals surface area (Å²) in [4.78, 5) is 12.0. The molecule has 1 aliphatic rings. The zero-order valence-corrected chi connectivity index (χ0v) is 9.96. The third kappa shape index (κ3) is 2.20. The third-order valence-electron chi connectivity index (χ3n) is 2.74. The van der Waals surface area contributed by atoms with Gasteiger partial charge in [-0.05, 0) is 6.42 Å². The molecule has 2 rings (SSSR count). The number of nitrogen functional groups attached to an aromatic ring is 2. The second-order valence-corrected chi connectivity index (χ2v) is 4.04. The van der Waals surface area contributed by atoms with E-state index in [2.05, 4.69) is 20.3 Å². The van der Waals surface area contributed by atoms with Gasteiger partial charge in [-0.15, -0.1) is 0 Å². The van der Waals surface area contributed by atoms with Crippen LogP contribution in [0.25, 0.3) is 0 Å². The second-order valence-electron chi connectivity index (χ2n) is 4.04. The second kappa shape index (κ2) is 4.75. The first-order valence-electron chi connectivity index (χ1n) is 5.63. The molecule has 0 radical (unpaired) electrons. The highest BCUT2D eigenvalue weighted by atomic mass is 16.3. The average Bonchev–Trinajstić information content (AvgIpc) is 2.36. The number of anilines is 3. The van der Waals surface area contributed by atoms with Crippen molar-refractivity contribution in [2.24, 2.45) is 4.99 Å². The maximum absolute atomic E-state index is 9.89. The molecule has 0 saturated heterocycles. The SMILES string of the molecule is CCC(O)C(O)C1=Nc2c(N)nc(N)nc2NC1. The fourth-order valence-electron chi connectivity index (χ4n) is 1.70. The van der Waals surface area contributed by atoms with E-state index >= 15 is 0 Å². The number of rotatable bonds is 3. The summed E-state index contributed by atoms with van der Waals surface area (Å²) in [5.41, 5.74) is 11.9. The largest absolute Gasteiger partial charge is 0.390 e. The van der Waals surface area contributed by atoms with Crippen LogP contribution in [0.3, 0.4) is 0 Å². The predicted molar refractivity (Wildman–Crippen MR) is 68.7 cm³/mol. The van der Waals surface area contributed by atoms with Gasteiger partial charge in [0.05, 0.1) is 18.4 Å². The summed E-state index contributed by atoms with van der Waals surface area (Å²) < 4.78 is 0. The molecule has 1 aromatic rings. The highest BCUT2D eigenvalue weighted by Crippen LogP contribution is 2.32. The Morgan fingerprint density at radius 1 is 1.33 bits per heavy atom. The van der Waals surface area contributed by atoms with E-state index in [0.29, 0.717) is 23.6 Å². The van der Waals surface area contributed by atoms with Gasteiger partial charge in [-0.2, -0.15) is 9.97 Å². The maximum Gasteiger partial charge on any atom is 0.224 e. The van der Waals surface area contributed by atoms with Gasteiger partial charge in [0, 0.05) is 0 Å². The molecule has 0 fully saturated rings. The molecule has 0 spiro atoms. The van der Waals surface area contributed by atoms with E-state index in [1.165, 1.54) is 0 Å². The molecule has 98 valence electrons. The van der Waals surface area contributed by atoms with Crippen LogP contribution in [0.1, 0.15) is 13.3 Å². The van der Waals surface area contributed by atoms with Crippen molar-refractivity contribution in [3.8, 4) is 0 Å². The third-order valence-corrected chi connectivity index (χ3v) is 2.74.